The van der Waals surface area contributed by atoms with Crippen LogP contribution in [0.5, 0.6) is 5.75 Å². The van der Waals surface area contributed by atoms with Gasteiger partial charge in [0.05, 0.1) is 0 Å². The van der Waals surface area contributed by atoms with E-state index in [9.17, 15) is 9.90 Å². The molecule has 20 heavy (non-hydrogen) atoms. The molecule has 0 fully saturated rings. The van der Waals surface area contributed by atoms with E-state index in [2.05, 4.69) is 13.0 Å². The highest BCUT2D eigenvalue weighted by atomic mass is 16.4. The van der Waals surface area contributed by atoms with Crippen LogP contribution in [0.2, 0.25) is 0 Å². The number of rotatable bonds is 2. The second-order valence-electron chi connectivity index (χ2n) is 4.67. The summed E-state index contributed by atoms with van der Waals surface area (Å²) in [5.74, 6) is 0.0848. The summed E-state index contributed by atoms with van der Waals surface area (Å²) in [4.78, 5) is 11.7. The van der Waals surface area contributed by atoms with Crippen LogP contribution in [-0.2, 0) is 6.42 Å². The third-order valence-electron chi connectivity index (χ3n) is 3.42. The number of benzene rings is 2. The summed E-state index contributed by atoms with van der Waals surface area (Å²) in [6.45, 7) is 2.08. The van der Waals surface area contributed by atoms with Crippen LogP contribution in [0.25, 0.3) is 22.1 Å². The lowest BCUT2D eigenvalue weighted by Crippen LogP contribution is -1.99. The van der Waals surface area contributed by atoms with E-state index in [1.54, 1.807) is 12.1 Å². The zero-order valence-electron chi connectivity index (χ0n) is 11.1. The summed E-state index contributed by atoms with van der Waals surface area (Å²) in [6, 6.07) is 14.3. The first-order valence-corrected chi connectivity index (χ1v) is 6.54. The molecule has 1 N–H and O–H groups in total. The lowest BCUT2D eigenvalue weighted by Gasteiger charge is -2.10. The van der Waals surface area contributed by atoms with E-state index in [0.717, 1.165) is 22.9 Å². The molecule has 0 bridgehead atoms. The molecule has 0 atom stereocenters. The van der Waals surface area contributed by atoms with Gasteiger partial charge in [-0.05, 0) is 29.7 Å². The van der Waals surface area contributed by atoms with E-state index >= 15 is 0 Å². The Morgan fingerprint density at radius 1 is 1.05 bits per heavy atom. The van der Waals surface area contributed by atoms with Crippen LogP contribution in [-0.4, -0.2) is 5.11 Å². The van der Waals surface area contributed by atoms with Crippen molar-refractivity contribution in [2.24, 2.45) is 0 Å². The minimum Gasteiger partial charge on any atom is -0.508 e. The van der Waals surface area contributed by atoms with Crippen molar-refractivity contribution in [1.82, 2.24) is 0 Å². The van der Waals surface area contributed by atoms with Crippen molar-refractivity contribution >= 4 is 11.0 Å². The van der Waals surface area contributed by atoms with E-state index in [1.807, 2.05) is 18.2 Å². The molecular weight excluding hydrogens is 252 g/mol. The van der Waals surface area contributed by atoms with Gasteiger partial charge in [-0.1, -0.05) is 31.2 Å². The van der Waals surface area contributed by atoms with Crippen LogP contribution >= 0.6 is 0 Å². The van der Waals surface area contributed by atoms with Gasteiger partial charge < -0.3 is 9.52 Å². The molecule has 0 unspecified atom stereocenters. The molecule has 1 heterocycles. The van der Waals surface area contributed by atoms with Crippen LogP contribution in [0, 0.1) is 0 Å². The molecule has 0 amide bonds. The Kier molecular flexibility index (Phi) is 3.03. The minimum absolute atomic E-state index is 0.0848. The Labute approximate surface area is 116 Å². The van der Waals surface area contributed by atoms with Gasteiger partial charge in [0, 0.05) is 23.1 Å². The number of aryl methyl sites for hydroxylation is 1. The fourth-order valence-corrected chi connectivity index (χ4v) is 2.47. The monoisotopic (exact) mass is 266 g/mol. The highest BCUT2D eigenvalue weighted by Crippen LogP contribution is 2.31. The summed E-state index contributed by atoms with van der Waals surface area (Å²) in [5.41, 5.74) is 3.03. The van der Waals surface area contributed by atoms with E-state index in [0.29, 0.717) is 5.58 Å². The van der Waals surface area contributed by atoms with E-state index in [4.69, 9.17) is 4.42 Å². The fraction of sp³-hybridized carbons (Fsp3) is 0.118. The average Bonchev–Trinajstić information content (AvgIpc) is 2.45. The van der Waals surface area contributed by atoms with Crippen LogP contribution in [0.1, 0.15) is 12.5 Å². The first kappa shape index (κ1) is 12.5. The first-order chi connectivity index (χ1) is 9.69. The molecule has 3 rings (SSSR count). The summed E-state index contributed by atoms with van der Waals surface area (Å²) in [6.07, 6.45) is 0.885. The quantitative estimate of drug-likeness (QED) is 0.719. The molecule has 3 nitrogen and oxygen atoms in total. The molecule has 0 aliphatic heterocycles. The Morgan fingerprint density at radius 2 is 1.85 bits per heavy atom. The van der Waals surface area contributed by atoms with Gasteiger partial charge in [0.15, 0.2) is 0 Å². The van der Waals surface area contributed by atoms with Gasteiger partial charge in [0.1, 0.15) is 11.3 Å². The molecule has 2 aromatic carbocycles. The van der Waals surface area contributed by atoms with Gasteiger partial charge in [-0.25, -0.2) is 4.79 Å². The molecule has 0 aliphatic carbocycles. The fourth-order valence-electron chi connectivity index (χ4n) is 2.47. The van der Waals surface area contributed by atoms with E-state index in [-0.39, 0.29) is 5.75 Å². The van der Waals surface area contributed by atoms with Gasteiger partial charge in [-0.15, -0.1) is 0 Å². The van der Waals surface area contributed by atoms with Crippen LogP contribution in [0.4, 0.5) is 0 Å². The zero-order chi connectivity index (χ0) is 14.1. The second-order valence-corrected chi connectivity index (χ2v) is 4.67. The van der Waals surface area contributed by atoms with Crippen molar-refractivity contribution in [3.05, 3.63) is 64.5 Å². The van der Waals surface area contributed by atoms with Crippen LogP contribution in [0.3, 0.4) is 0 Å². The summed E-state index contributed by atoms with van der Waals surface area (Å²) < 4.78 is 5.16. The van der Waals surface area contributed by atoms with Crippen molar-refractivity contribution < 1.29 is 9.52 Å². The molecule has 1 aromatic heterocycles. The van der Waals surface area contributed by atoms with Gasteiger partial charge >= 0.3 is 5.63 Å². The lowest BCUT2D eigenvalue weighted by atomic mass is 9.96. The number of fused-ring (bicyclic) bond motifs is 1. The Balaban J connectivity index is 2.38. The summed E-state index contributed by atoms with van der Waals surface area (Å²) in [5, 5.41) is 10.3. The van der Waals surface area contributed by atoms with Gasteiger partial charge in [0.2, 0.25) is 0 Å². The maximum absolute atomic E-state index is 11.7. The third kappa shape index (κ3) is 2.07. The summed E-state index contributed by atoms with van der Waals surface area (Å²) in [7, 11) is 0. The smallest absolute Gasteiger partial charge is 0.336 e. The number of hydrogen-bond acceptors (Lipinski definition) is 3. The van der Waals surface area contributed by atoms with Crippen molar-refractivity contribution in [3.63, 3.8) is 0 Å². The predicted molar refractivity (Wildman–Crippen MR) is 79.0 cm³/mol. The van der Waals surface area contributed by atoms with E-state index < -0.39 is 5.63 Å². The predicted octanol–water partition coefficient (Wildman–Crippen LogP) is 3.73. The standard InChI is InChI=1S/C17H14O3/c1-2-11-5-3-4-6-13(11)15-10-17(19)20-16-9-12(18)7-8-14(15)16/h3-10,18H,2H2,1H3. The van der Waals surface area contributed by atoms with Gasteiger partial charge in [0.25, 0.3) is 0 Å². The molecule has 0 saturated heterocycles. The lowest BCUT2D eigenvalue weighted by molar-refractivity contribution is 0.473. The summed E-state index contributed by atoms with van der Waals surface area (Å²) >= 11 is 0. The second kappa shape index (κ2) is 4.85. The van der Waals surface area contributed by atoms with Gasteiger partial charge in [-0.2, -0.15) is 0 Å². The zero-order valence-corrected chi connectivity index (χ0v) is 11.1. The van der Waals surface area contributed by atoms with Gasteiger partial charge in [-0.3, -0.25) is 0 Å². The molecule has 0 spiro atoms. The normalized spacial score (nSPS) is 10.8. The Hall–Kier alpha value is -2.55. The number of phenolic OH excluding ortho intramolecular Hbond substituents is 1. The molecule has 0 radical (unpaired) electrons. The molecule has 3 heteroatoms. The largest absolute Gasteiger partial charge is 0.508 e. The molecule has 0 aliphatic rings. The Morgan fingerprint density at radius 3 is 2.65 bits per heavy atom. The van der Waals surface area contributed by atoms with Crippen molar-refractivity contribution in [1.29, 1.82) is 0 Å². The topological polar surface area (TPSA) is 50.4 Å². The number of hydrogen-bond donors (Lipinski definition) is 1. The molecule has 0 saturated carbocycles. The van der Waals surface area contributed by atoms with Crippen molar-refractivity contribution in [2.75, 3.05) is 0 Å². The highest BCUT2D eigenvalue weighted by Gasteiger charge is 2.10. The maximum atomic E-state index is 11.7. The molecule has 3 aromatic rings. The maximum Gasteiger partial charge on any atom is 0.336 e. The van der Waals surface area contributed by atoms with Crippen LogP contribution < -0.4 is 5.63 Å². The van der Waals surface area contributed by atoms with E-state index in [1.165, 1.54) is 17.7 Å². The van der Waals surface area contributed by atoms with Crippen molar-refractivity contribution in [3.8, 4) is 16.9 Å². The van der Waals surface area contributed by atoms with Crippen molar-refractivity contribution in [2.45, 2.75) is 13.3 Å². The highest BCUT2D eigenvalue weighted by molar-refractivity contribution is 5.94. The number of aromatic hydroxyl groups is 1. The third-order valence-corrected chi connectivity index (χ3v) is 3.42. The minimum atomic E-state index is -0.413. The molecule has 100 valence electrons. The molecular formula is C17H14O3. The van der Waals surface area contributed by atoms with Crippen LogP contribution in [0.15, 0.2) is 57.7 Å². The number of phenols is 1. The SMILES string of the molecule is CCc1ccccc1-c1cc(=O)oc2cc(O)ccc12. The first-order valence-electron chi connectivity index (χ1n) is 6.54. The average molecular weight is 266 g/mol. The Bertz CT molecular complexity index is 831.